The molecule has 4 rings (SSSR count). The maximum Gasteiger partial charge on any atom is 0.335 e. The van der Waals surface area contributed by atoms with Crippen LogP contribution < -0.4 is 34.5 Å². The summed E-state index contributed by atoms with van der Waals surface area (Å²) in [6, 6.07) is 12.1. The first-order valence-electron chi connectivity index (χ1n) is 13.9. The summed E-state index contributed by atoms with van der Waals surface area (Å²) in [6.45, 7) is 6.11. The van der Waals surface area contributed by atoms with Crippen molar-refractivity contribution >= 4 is 75.4 Å². The molecule has 1 aliphatic heterocycles. The van der Waals surface area contributed by atoms with E-state index in [0.29, 0.717) is 50.3 Å². The van der Waals surface area contributed by atoms with E-state index in [1.807, 2.05) is 36.4 Å². The van der Waals surface area contributed by atoms with E-state index in [-0.39, 0.29) is 23.6 Å². The fraction of sp³-hybridized carbons (Fsp3) is 0.250. The molecule has 45 heavy (non-hydrogen) atoms. The number of hydrogen-bond acceptors (Lipinski definition) is 8. The first kappa shape index (κ1) is 33.6. The molecule has 3 aromatic rings. The summed E-state index contributed by atoms with van der Waals surface area (Å²) in [5.41, 5.74) is 1.76. The molecule has 1 aliphatic rings. The zero-order valence-corrected chi connectivity index (χ0v) is 27.9. The number of hydrogen-bond donors (Lipinski definition) is 2. The molecule has 0 spiro atoms. The van der Waals surface area contributed by atoms with E-state index >= 15 is 0 Å². The predicted octanol–water partition coefficient (Wildman–Crippen LogP) is 6.13. The van der Waals surface area contributed by atoms with Gasteiger partial charge in [-0.15, -0.1) is 0 Å². The summed E-state index contributed by atoms with van der Waals surface area (Å²) in [6.07, 6.45) is 2.13. The molecule has 0 saturated carbocycles. The van der Waals surface area contributed by atoms with Crippen molar-refractivity contribution in [3.8, 4) is 23.0 Å². The quantitative estimate of drug-likeness (QED) is 0.129. The average molecular weight is 748 g/mol. The zero-order chi connectivity index (χ0) is 32.7. The van der Waals surface area contributed by atoms with Crippen LogP contribution in [0.1, 0.15) is 31.4 Å². The molecule has 0 radical (unpaired) electrons. The molecule has 1 heterocycles. The summed E-state index contributed by atoms with van der Waals surface area (Å²) < 4.78 is 23.2. The minimum absolute atomic E-state index is 0.199. The van der Waals surface area contributed by atoms with E-state index in [0.717, 1.165) is 16.9 Å². The van der Waals surface area contributed by atoms with E-state index in [4.69, 9.17) is 30.5 Å². The maximum atomic E-state index is 13.5. The number of urea groups is 1. The van der Waals surface area contributed by atoms with Gasteiger partial charge in [0.05, 0.1) is 29.6 Å². The van der Waals surface area contributed by atoms with Gasteiger partial charge < -0.3 is 24.3 Å². The molecule has 0 atom stereocenters. The Morgan fingerprint density at radius 3 is 2.47 bits per heavy atom. The minimum atomic E-state index is -0.895. The summed E-state index contributed by atoms with van der Waals surface area (Å²) >= 11 is 8.14. The number of amides is 5. The van der Waals surface area contributed by atoms with Crippen molar-refractivity contribution in [2.24, 2.45) is 0 Å². The molecular formula is C32H31ClIN3O8. The van der Waals surface area contributed by atoms with Gasteiger partial charge in [-0.2, -0.15) is 0 Å². The Kier molecular flexibility index (Phi) is 11.3. The summed E-state index contributed by atoms with van der Waals surface area (Å²) in [7, 11) is 1.42. The first-order chi connectivity index (χ1) is 21.6. The Labute approximate surface area is 278 Å². The van der Waals surface area contributed by atoms with Gasteiger partial charge >= 0.3 is 6.03 Å². The van der Waals surface area contributed by atoms with Crippen LogP contribution in [0.25, 0.3) is 6.08 Å². The Bertz CT molecular complexity index is 1680. The number of methoxy groups -OCH3 is 1. The number of barbiturate groups is 1. The van der Waals surface area contributed by atoms with E-state index in [1.165, 1.54) is 19.3 Å². The number of aryl methyl sites for hydroxylation is 1. The minimum Gasteiger partial charge on any atom is -0.493 e. The molecule has 5 amide bonds. The third kappa shape index (κ3) is 8.05. The molecule has 2 N–H and O–H groups in total. The Morgan fingerprint density at radius 1 is 1.00 bits per heavy atom. The first-order valence-corrected chi connectivity index (χ1v) is 15.4. The molecule has 1 fully saturated rings. The number of carbonyl (C=O) groups is 4. The van der Waals surface area contributed by atoms with E-state index in [2.05, 4.69) is 10.6 Å². The van der Waals surface area contributed by atoms with E-state index in [9.17, 15) is 19.2 Å². The predicted molar refractivity (Wildman–Crippen MR) is 178 cm³/mol. The van der Waals surface area contributed by atoms with Gasteiger partial charge in [-0.3, -0.25) is 19.7 Å². The van der Waals surface area contributed by atoms with Gasteiger partial charge in [-0.1, -0.05) is 24.6 Å². The summed E-state index contributed by atoms with van der Waals surface area (Å²) in [5.74, 6) is -0.696. The fourth-order valence-corrected chi connectivity index (χ4v) is 5.22. The SMILES string of the molecule is CCCOc1ccc(N2C(=O)NC(=O)/C(=C\c3cc(I)c(OCC(=O)Nc4ccc(C)c(Cl)c4)c(OC)c3)C2=O)cc1OCC. The number of ether oxygens (including phenoxy) is 4. The highest BCUT2D eigenvalue weighted by Crippen LogP contribution is 2.36. The van der Waals surface area contributed by atoms with Crippen molar-refractivity contribution in [1.82, 2.24) is 5.32 Å². The lowest BCUT2D eigenvalue weighted by atomic mass is 10.1. The van der Waals surface area contributed by atoms with Crippen LogP contribution in [0.15, 0.2) is 54.1 Å². The molecule has 1 saturated heterocycles. The molecule has 13 heteroatoms. The second-order valence-corrected chi connectivity index (χ2v) is 11.3. The van der Waals surface area contributed by atoms with Crippen molar-refractivity contribution in [3.63, 3.8) is 0 Å². The van der Waals surface area contributed by atoms with Crippen LogP contribution in [0.5, 0.6) is 23.0 Å². The van der Waals surface area contributed by atoms with Crippen LogP contribution in [-0.2, 0) is 14.4 Å². The number of anilines is 2. The number of rotatable bonds is 12. The molecule has 0 unspecified atom stereocenters. The highest BCUT2D eigenvalue weighted by Gasteiger charge is 2.37. The zero-order valence-electron chi connectivity index (χ0n) is 25.0. The largest absolute Gasteiger partial charge is 0.493 e. The van der Waals surface area contributed by atoms with Crippen LogP contribution in [0.3, 0.4) is 0 Å². The average Bonchev–Trinajstić information content (AvgIpc) is 3.00. The van der Waals surface area contributed by atoms with Crippen molar-refractivity contribution in [1.29, 1.82) is 0 Å². The summed E-state index contributed by atoms with van der Waals surface area (Å²) in [5, 5.41) is 5.47. The highest BCUT2D eigenvalue weighted by molar-refractivity contribution is 14.1. The van der Waals surface area contributed by atoms with Crippen molar-refractivity contribution in [2.75, 3.05) is 37.1 Å². The monoisotopic (exact) mass is 747 g/mol. The normalized spacial score (nSPS) is 13.9. The summed E-state index contributed by atoms with van der Waals surface area (Å²) in [4.78, 5) is 52.6. The lowest BCUT2D eigenvalue weighted by Gasteiger charge is -2.27. The smallest absolute Gasteiger partial charge is 0.335 e. The topological polar surface area (TPSA) is 132 Å². The molecule has 0 aromatic heterocycles. The van der Waals surface area contributed by atoms with Crippen LogP contribution >= 0.6 is 34.2 Å². The van der Waals surface area contributed by atoms with Crippen molar-refractivity contribution < 1.29 is 38.1 Å². The van der Waals surface area contributed by atoms with Crippen molar-refractivity contribution in [3.05, 3.63) is 73.8 Å². The van der Waals surface area contributed by atoms with Gasteiger partial charge in [0.25, 0.3) is 17.7 Å². The Morgan fingerprint density at radius 2 is 1.78 bits per heavy atom. The van der Waals surface area contributed by atoms with E-state index < -0.39 is 23.8 Å². The Balaban J connectivity index is 1.56. The van der Waals surface area contributed by atoms with Gasteiger partial charge in [0.2, 0.25) is 0 Å². The third-order valence-corrected chi connectivity index (χ3v) is 7.62. The van der Waals surface area contributed by atoms with Crippen molar-refractivity contribution in [2.45, 2.75) is 27.2 Å². The third-order valence-electron chi connectivity index (χ3n) is 6.41. The number of carbonyl (C=O) groups excluding carboxylic acids is 4. The number of imide groups is 2. The van der Waals surface area contributed by atoms with Crippen LogP contribution in [-0.4, -0.2) is 50.7 Å². The van der Waals surface area contributed by atoms with Gasteiger partial charge in [0.15, 0.2) is 29.6 Å². The standard InChI is InChI=1S/C32H31ClIN3O8/c1-5-11-44-25-10-9-21(16-26(25)43-6-2)37-31(40)22(30(39)36-32(37)41)12-19-13-24(34)29(27(14-19)42-4)45-17-28(38)35-20-8-7-18(3)23(33)15-20/h7-10,12-16H,5-6,11,17H2,1-4H3,(H,35,38)(H,36,39,41)/b22-12+. The number of nitrogens with one attached hydrogen (secondary N) is 2. The second-order valence-electron chi connectivity index (χ2n) is 9.71. The number of benzene rings is 3. The van der Waals surface area contributed by atoms with Crippen LogP contribution in [0, 0.1) is 10.5 Å². The lowest BCUT2D eigenvalue weighted by Crippen LogP contribution is -2.54. The Hall–Kier alpha value is -4.30. The van der Waals surface area contributed by atoms with Gasteiger partial charge in [0, 0.05) is 16.8 Å². The molecule has 11 nitrogen and oxygen atoms in total. The van der Waals surface area contributed by atoms with Gasteiger partial charge in [-0.25, -0.2) is 9.69 Å². The van der Waals surface area contributed by atoms with Crippen LogP contribution in [0.4, 0.5) is 16.2 Å². The molecule has 0 aliphatic carbocycles. The highest BCUT2D eigenvalue weighted by atomic mass is 127. The van der Waals surface area contributed by atoms with Gasteiger partial charge in [0.1, 0.15) is 5.57 Å². The molecule has 0 bridgehead atoms. The molecule has 236 valence electrons. The maximum absolute atomic E-state index is 13.5. The number of nitrogens with zero attached hydrogens (tertiary/aromatic N) is 1. The fourth-order valence-electron chi connectivity index (χ4n) is 4.26. The van der Waals surface area contributed by atoms with Gasteiger partial charge in [-0.05, 0) is 96.5 Å². The second kappa shape index (κ2) is 15.1. The van der Waals surface area contributed by atoms with Crippen LogP contribution in [0.2, 0.25) is 5.02 Å². The lowest BCUT2D eigenvalue weighted by molar-refractivity contribution is -0.122. The molecular weight excluding hydrogens is 717 g/mol. The van der Waals surface area contributed by atoms with E-state index in [1.54, 1.807) is 49.4 Å². The number of halogens is 2. The molecule has 3 aromatic carbocycles.